The van der Waals surface area contributed by atoms with Gasteiger partial charge < -0.3 is 14.8 Å². The number of rotatable bonds is 6. The Balaban J connectivity index is 2.24. The van der Waals surface area contributed by atoms with Crippen molar-refractivity contribution in [1.82, 2.24) is 5.32 Å². The first kappa shape index (κ1) is 15.3. The Morgan fingerprint density at radius 2 is 1.90 bits per heavy atom. The number of hydrogen-bond donors (Lipinski definition) is 1. The van der Waals surface area contributed by atoms with E-state index in [9.17, 15) is 8.78 Å². The quantitative estimate of drug-likeness (QED) is 0.886. The van der Waals surface area contributed by atoms with E-state index in [1.54, 1.807) is 6.07 Å². The van der Waals surface area contributed by atoms with E-state index in [-0.39, 0.29) is 12.2 Å². The monoisotopic (exact) mass is 293 g/mol. The summed E-state index contributed by atoms with van der Waals surface area (Å²) in [5.41, 5.74) is 1.05. The lowest BCUT2D eigenvalue weighted by Crippen LogP contribution is -2.09. The van der Waals surface area contributed by atoms with E-state index in [1.807, 2.05) is 19.2 Å². The second-order valence-corrected chi connectivity index (χ2v) is 4.50. The maximum absolute atomic E-state index is 13.6. The normalized spacial score (nSPS) is 10.5. The predicted molar refractivity (Wildman–Crippen MR) is 76.4 cm³/mol. The average molecular weight is 293 g/mol. The summed E-state index contributed by atoms with van der Waals surface area (Å²) in [6, 6.07) is 8.79. The molecule has 2 aromatic carbocycles. The van der Waals surface area contributed by atoms with Crippen molar-refractivity contribution in [2.45, 2.75) is 13.2 Å². The molecule has 0 aliphatic heterocycles. The second kappa shape index (κ2) is 7.04. The first-order valence-electron chi connectivity index (χ1n) is 6.53. The summed E-state index contributed by atoms with van der Waals surface area (Å²) < 4.78 is 37.7. The summed E-state index contributed by atoms with van der Waals surface area (Å²) in [6.07, 6.45) is 0. The minimum Gasteiger partial charge on any atom is -0.493 e. The van der Waals surface area contributed by atoms with Crippen LogP contribution in [-0.2, 0) is 13.2 Å². The third-order valence-electron chi connectivity index (χ3n) is 3.03. The highest BCUT2D eigenvalue weighted by Gasteiger charge is 2.12. The maximum Gasteiger partial charge on any atom is 0.166 e. The Morgan fingerprint density at radius 1 is 1.10 bits per heavy atom. The van der Waals surface area contributed by atoms with E-state index < -0.39 is 11.6 Å². The smallest absolute Gasteiger partial charge is 0.166 e. The van der Waals surface area contributed by atoms with Crippen molar-refractivity contribution in [2.24, 2.45) is 0 Å². The molecule has 0 aromatic heterocycles. The Bertz CT molecular complexity index is 617. The molecule has 1 N–H and O–H groups in total. The maximum atomic E-state index is 13.6. The fraction of sp³-hybridized carbons (Fsp3) is 0.250. The van der Waals surface area contributed by atoms with Gasteiger partial charge in [-0.15, -0.1) is 0 Å². The van der Waals surface area contributed by atoms with Crippen molar-refractivity contribution >= 4 is 0 Å². The number of methoxy groups -OCH3 is 1. The van der Waals surface area contributed by atoms with Gasteiger partial charge in [0.25, 0.3) is 0 Å². The Labute approximate surface area is 122 Å². The third kappa shape index (κ3) is 3.70. The van der Waals surface area contributed by atoms with Crippen LogP contribution in [0.5, 0.6) is 11.5 Å². The third-order valence-corrected chi connectivity index (χ3v) is 3.03. The van der Waals surface area contributed by atoms with Gasteiger partial charge in [-0.1, -0.05) is 12.1 Å². The molecule has 0 aliphatic rings. The van der Waals surface area contributed by atoms with Crippen LogP contribution in [0, 0.1) is 11.6 Å². The van der Waals surface area contributed by atoms with Crippen LogP contribution < -0.4 is 14.8 Å². The molecule has 0 radical (unpaired) electrons. The molecular formula is C16H17F2NO2. The van der Waals surface area contributed by atoms with Gasteiger partial charge in [-0.2, -0.15) is 0 Å². The number of hydrogen-bond acceptors (Lipinski definition) is 3. The molecule has 0 amide bonds. The zero-order valence-corrected chi connectivity index (χ0v) is 12.0. The highest BCUT2D eigenvalue weighted by molar-refractivity contribution is 5.46. The molecule has 0 heterocycles. The molecule has 3 nitrogen and oxygen atoms in total. The number of halogens is 2. The molecule has 0 saturated carbocycles. The lowest BCUT2D eigenvalue weighted by molar-refractivity contribution is 0.275. The zero-order chi connectivity index (χ0) is 15.2. The Hall–Kier alpha value is -2.14. The number of ether oxygens (including phenoxy) is 2. The second-order valence-electron chi connectivity index (χ2n) is 4.50. The largest absolute Gasteiger partial charge is 0.493 e. The van der Waals surface area contributed by atoms with Crippen LogP contribution in [0.3, 0.4) is 0 Å². The van der Waals surface area contributed by atoms with Crippen LogP contribution in [0.2, 0.25) is 0 Å². The summed E-state index contributed by atoms with van der Waals surface area (Å²) in [4.78, 5) is 0. The molecule has 112 valence electrons. The Kier molecular flexibility index (Phi) is 5.11. The minimum absolute atomic E-state index is 0.0688. The van der Waals surface area contributed by atoms with E-state index in [0.29, 0.717) is 18.0 Å². The van der Waals surface area contributed by atoms with Crippen LogP contribution in [-0.4, -0.2) is 14.2 Å². The standard InChI is InChI=1S/C16H17F2NO2/c1-19-9-11-4-3-5-15(20-2)16(11)21-10-12-8-13(17)6-7-14(12)18/h3-8,19H,9-10H2,1-2H3. The summed E-state index contributed by atoms with van der Waals surface area (Å²) in [7, 11) is 3.35. The van der Waals surface area contributed by atoms with Crippen molar-refractivity contribution in [2.75, 3.05) is 14.2 Å². The van der Waals surface area contributed by atoms with Crippen LogP contribution in [0.15, 0.2) is 36.4 Å². The minimum atomic E-state index is -0.499. The van der Waals surface area contributed by atoms with Gasteiger partial charge in [-0.25, -0.2) is 8.78 Å². The van der Waals surface area contributed by atoms with Gasteiger partial charge in [0.2, 0.25) is 0 Å². The number of para-hydroxylation sites is 1. The fourth-order valence-corrected chi connectivity index (χ4v) is 2.02. The summed E-state index contributed by atoms with van der Waals surface area (Å²) in [5, 5.41) is 3.02. The molecule has 0 fully saturated rings. The van der Waals surface area contributed by atoms with Gasteiger partial charge in [0.05, 0.1) is 7.11 Å². The van der Waals surface area contributed by atoms with E-state index in [1.165, 1.54) is 7.11 Å². The molecule has 2 rings (SSSR count). The van der Waals surface area contributed by atoms with E-state index in [2.05, 4.69) is 5.32 Å². The van der Waals surface area contributed by atoms with Gasteiger partial charge >= 0.3 is 0 Å². The first-order chi connectivity index (χ1) is 10.2. The van der Waals surface area contributed by atoms with Gasteiger partial charge in [0, 0.05) is 17.7 Å². The van der Waals surface area contributed by atoms with Gasteiger partial charge in [0.1, 0.15) is 18.2 Å². The topological polar surface area (TPSA) is 30.5 Å². The molecule has 0 saturated heterocycles. The van der Waals surface area contributed by atoms with E-state index in [4.69, 9.17) is 9.47 Å². The van der Waals surface area contributed by atoms with Crippen molar-refractivity contribution in [3.05, 3.63) is 59.2 Å². The van der Waals surface area contributed by atoms with E-state index in [0.717, 1.165) is 23.8 Å². The SMILES string of the molecule is CNCc1cccc(OC)c1OCc1cc(F)ccc1F. The molecule has 5 heteroatoms. The van der Waals surface area contributed by atoms with Crippen LogP contribution in [0.1, 0.15) is 11.1 Å². The average Bonchev–Trinajstić information content (AvgIpc) is 2.49. The number of nitrogens with one attached hydrogen (secondary N) is 1. The van der Waals surface area contributed by atoms with Crippen LogP contribution >= 0.6 is 0 Å². The Morgan fingerprint density at radius 3 is 2.62 bits per heavy atom. The fourth-order valence-electron chi connectivity index (χ4n) is 2.02. The van der Waals surface area contributed by atoms with Crippen LogP contribution in [0.25, 0.3) is 0 Å². The highest BCUT2D eigenvalue weighted by atomic mass is 19.1. The molecule has 0 atom stereocenters. The van der Waals surface area contributed by atoms with Crippen LogP contribution in [0.4, 0.5) is 8.78 Å². The molecule has 0 aliphatic carbocycles. The summed E-state index contributed by atoms with van der Waals surface area (Å²) in [6.45, 7) is 0.513. The molecule has 0 bridgehead atoms. The predicted octanol–water partition coefficient (Wildman–Crippen LogP) is 3.27. The van der Waals surface area contributed by atoms with Gasteiger partial charge in [0.15, 0.2) is 11.5 Å². The van der Waals surface area contributed by atoms with Gasteiger partial charge in [-0.05, 0) is 31.3 Å². The highest BCUT2D eigenvalue weighted by Crippen LogP contribution is 2.32. The van der Waals surface area contributed by atoms with Crippen molar-refractivity contribution in [3.8, 4) is 11.5 Å². The zero-order valence-electron chi connectivity index (χ0n) is 12.0. The molecule has 0 unspecified atom stereocenters. The molecule has 21 heavy (non-hydrogen) atoms. The van der Waals surface area contributed by atoms with Crippen molar-refractivity contribution in [1.29, 1.82) is 0 Å². The van der Waals surface area contributed by atoms with Crippen molar-refractivity contribution < 1.29 is 18.3 Å². The van der Waals surface area contributed by atoms with Gasteiger partial charge in [-0.3, -0.25) is 0 Å². The van der Waals surface area contributed by atoms with Crippen molar-refractivity contribution in [3.63, 3.8) is 0 Å². The van der Waals surface area contributed by atoms with E-state index >= 15 is 0 Å². The molecule has 2 aromatic rings. The molecular weight excluding hydrogens is 276 g/mol. The first-order valence-corrected chi connectivity index (χ1v) is 6.53. The summed E-state index contributed by atoms with van der Waals surface area (Å²) >= 11 is 0. The molecule has 0 spiro atoms. The number of benzene rings is 2. The lowest BCUT2D eigenvalue weighted by Gasteiger charge is -2.15. The lowest BCUT2D eigenvalue weighted by atomic mass is 10.1. The summed E-state index contributed by atoms with van der Waals surface area (Å²) in [5.74, 6) is 0.0875.